The summed E-state index contributed by atoms with van der Waals surface area (Å²) in [7, 11) is 0. The smallest absolute Gasteiger partial charge is 0.309 e. The van der Waals surface area contributed by atoms with E-state index < -0.39 is 0 Å². The Kier molecular flexibility index (Phi) is 3.29. The molecule has 0 aliphatic heterocycles. The quantitative estimate of drug-likeness (QED) is 0.633. The molecule has 0 heterocycles. The second kappa shape index (κ2) is 4.51. The Balaban J connectivity index is 1.98. The van der Waals surface area contributed by atoms with Crippen molar-refractivity contribution in [2.24, 2.45) is 5.92 Å². The molecule has 1 saturated carbocycles. The van der Waals surface area contributed by atoms with Crippen LogP contribution in [0.2, 0.25) is 0 Å². The minimum atomic E-state index is -0.0407. The van der Waals surface area contributed by atoms with Crippen LogP contribution in [0.3, 0.4) is 0 Å². The highest BCUT2D eigenvalue weighted by Crippen LogP contribution is 2.48. The molecule has 0 radical (unpaired) electrons. The van der Waals surface area contributed by atoms with Crippen LogP contribution in [0.15, 0.2) is 24.3 Å². The van der Waals surface area contributed by atoms with Gasteiger partial charge in [0.2, 0.25) is 0 Å². The SMILES string of the molecule is CCOC(=O)[C@@H]1C[C@H]1c1ccc(I)cc1. The van der Waals surface area contributed by atoms with Gasteiger partial charge in [0.15, 0.2) is 0 Å². The topological polar surface area (TPSA) is 26.3 Å². The van der Waals surface area contributed by atoms with Crippen LogP contribution < -0.4 is 0 Å². The van der Waals surface area contributed by atoms with Gasteiger partial charge in [-0.15, -0.1) is 0 Å². The average Bonchev–Trinajstić information content (AvgIpc) is 2.99. The van der Waals surface area contributed by atoms with Crippen molar-refractivity contribution in [2.75, 3.05) is 6.61 Å². The number of esters is 1. The highest BCUT2D eigenvalue weighted by atomic mass is 127. The van der Waals surface area contributed by atoms with E-state index in [9.17, 15) is 4.79 Å². The molecule has 1 aliphatic carbocycles. The molecule has 0 unspecified atom stereocenters. The van der Waals surface area contributed by atoms with Crippen molar-refractivity contribution < 1.29 is 9.53 Å². The maximum Gasteiger partial charge on any atom is 0.309 e. The Bertz CT molecular complexity index is 358. The minimum absolute atomic E-state index is 0.0407. The molecule has 0 amide bonds. The van der Waals surface area contributed by atoms with E-state index in [0.717, 1.165) is 6.42 Å². The molecule has 2 rings (SSSR count). The van der Waals surface area contributed by atoms with Crippen LogP contribution in [0.1, 0.15) is 24.8 Å². The highest BCUT2D eigenvalue weighted by Gasteiger charge is 2.44. The number of carbonyl (C=O) groups excluding carboxylic acids is 1. The third-order valence-electron chi connectivity index (χ3n) is 2.68. The fraction of sp³-hybridized carbons (Fsp3) is 0.417. The number of hydrogen-bond acceptors (Lipinski definition) is 2. The van der Waals surface area contributed by atoms with E-state index in [2.05, 4.69) is 46.9 Å². The molecule has 1 aromatic carbocycles. The average molecular weight is 316 g/mol. The van der Waals surface area contributed by atoms with Gasteiger partial charge in [0.05, 0.1) is 12.5 Å². The summed E-state index contributed by atoms with van der Waals surface area (Å²) in [6, 6.07) is 8.37. The molecule has 80 valence electrons. The summed E-state index contributed by atoms with van der Waals surface area (Å²) in [5.74, 6) is 0.451. The summed E-state index contributed by atoms with van der Waals surface area (Å²) in [6.07, 6.45) is 0.944. The third-order valence-corrected chi connectivity index (χ3v) is 3.40. The predicted octanol–water partition coefficient (Wildman–Crippen LogP) is 2.96. The molecule has 1 fully saturated rings. The van der Waals surface area contributed by atoms with Crippen LogP contribution in [0.25, 0.3) is 0 Å². The Labute approximate surface area is 103 Å². The largest absolute Gasteiger partial charge is 0.466 e. The molecule has 0 aromatic heterocycles. The van der Waals surface area contributed by atoms with Crippen molar-refractivity contribution in [3.63, 3.8) is 0 Å². The molecule has 1 aromatic rings. The first-order valence-electron chi connectivity index (χ1n) is 5.14. The van der Waals surface area contributed by atoms with Crippen molar-refractivity contribution in [1.82, 2.24) is 0 Å². The van der Waals surface area contributed by atoms with Gasteiger partial charge >= 0.3 is 5.97 Å². The second-order valence-electron chi connectivity index (χ2n) is 3.75. The summed E-state index contributed by atoms with van der Waals surface area (Å²) < 4.78 is 6.23. The van der Waals surface area contributed by atoms with E-state index in [1.165, 1.54) is 9.13 Å². The summed E-state index contributed by atoms with van der Waals surface area (Å²) in [4.78, 5) is 11.4. The van der Waals surface area contributed by atoms with Gasteiger partial charge in [-0.1, -0.05) is 12.1 Å². The van der Waals surface area contributed by atoms with Gasteiger partial charge in [0, 0.05) is 3.57 Å². The summed E-state index contributed by atoms with van der Waals surface area (Å²) in [6.45, 7) is 2.33. The molecule has 0 bridgehead atoms. The zero-order valence-corrected chi connectivity index (χ0v) is 10.7. The van der Waals surface area contributed by atoms with Crippen LogP contribution in [0, 0.1) is 9.49 Å². The molecular formula is C12H13IO2. The lowest BCUT2D eigenvalue weighted by molar-refractivity contribution is -0.144. The lowest BCUT2D eigenvalue weighted by atomic mass is 10.1. The molecule has 3 heteroatoms. The Morgan fingerprint density at radius 2 is 2.13 bits per heavy atom. The fourth-order valence-electron chi connectivity index (χ4n) is 1.78. The van der Waals surface area contributed by atoms with E-state index in [1.807, 2.05) is 6.92 Å². The monoisotopic (exact) mass is 316 g/mol. The number of carbonyl (C=O) groups is 1. The molecule has 0 saturated heterocycles. The van der Waals surface area contributed by atoms with Crippen LogP contribution >= 0.6 is 22.6 Å². The number of benzene rings is 1. The van der Waals surface area contributed by atoms with Gasteiger partial charge in [-0.25, -0.2) is 0 Å². The van der Waals surface area contributed by atoms with E-state index in [4.69, 9.17) is 4.74 Å². The highest BCUT2D eigenvalue weighted by molar-refractivity contribution is 14.1. The van der Waals surface area contributed by atoms with E-state index in [0.29, 0.717) is 12.5 Å². The first-order valence-corrected chi connectivity index (χ1v) is 6.22. The predicted molar refractivity (Wildman–Crippen MR) is 66.6 cm³/mol. The summed E-state index contributed by atoms with van der Waals surface area (Å²) in [5, 5.41) is 0. The molecule has 15 heavy (non-hydrogen) atoms. The molecule has 2 nitrogen and oxygen atoms in total. The van der Waals surface area contributed by atoms with Gasteiger partial charge in [0.25, 0.3) is 0 Å². The van der Waals surface area contributed by atoms with Crippen LogP contribution in [0.4, 0.5) is 0 Å². The molecule has 1 aliphatic rings. The fourth-order valence-corrected chi connectivity index (χ4v) is 2.14. The van der Waals surface area contributed by atoms with E-state index in [-0.39, 0.29) is 11.9 Å². The Morgan fingerprint density at radius 1 is 1.47 bits per heavy atom. The zero-order chi connectivity index (χ0) is 10.8. The van der Waals surface area contributed by atoms with Crippen molar-refractivity contribution in [3.8, 4) is 0 Å². The molecule has 0 N–H and O–H groups in total. The van der Waals surface area contributed by atoms with E-state index in [1.54, 1.807) is 0 Å². The van der Waals surface area contributed by atoms with Crippen molar-refractivity contribution in [1.29, 1.82) is 0 Å². The van der Waals surface area contributed by atoms with Crippen molar-refractivity contribution in [2.45, 2.75) is 19.3 Å². The normalized spacial score (nSPS) is 23.6. The number of hydrogen-bond donors (Lipinski definition) is 0. The first-order chi connectivity index (χ1) is 7.22. The van der Waals surface area contributed by atoms with Crippen LogP contribution in [-0.4, -0.2) is 12.6 Å². The van der Waals surface area contributed by atoms with E-state index >= 15 is 0 Å². The molecule has 2 atom stereocenters. The van der Waals surface area contributed by atoms with Gasteiger partial charge in [-0.05, 0) is 59.5 Å². The zero-order valence-electron chi connectivity index (χ0n) is 8.57. The maximum atomic E-state index is 11.4. The number of ether oxygens (including phenoxy) is 1. The Hall–Kier alpha value is -0.580. The lowest BCUT2D eigenvalue weighted by Gasteiger charge is -2.01. The lowest BCUT2D eigenvalue weighted by Crippen LogP contribution is -2.07. The van der Waals surface area contributed by atoms with Crippen molar-refractivity contribution in [3.05, 3.63) is 33.4 Å². The first kappa shape index (κ1) is 10.9. The van der Waals surface area contributed by atoms with Gasteiger partial charge in [-0.3, -0.25) is 4.79 Å². The minimum Gasteiger partial charge on any atom is -0.466 e. The van der Waals surface area contributed by atoms with Gasteiger partial charge < -0.3 is 4.74 Å². The molecule has 0 spiro atoms. The van der Waals surface area contributed by atoms with Gasteiger partial charge in [0.1, 0.15) is 0 Å². The summed E-state index contributed by atoms with van der Waals surface area (Å²) >= 11 is 2.28. The van der Waals surface area contributed by atoms with Crippen LogP contribution in [0.5, 0.6) is 0 Å². The number of rotatable bonds is 3. The standard InChI is InChI=1S/C12H13IO2/c1-2-15-12(14)11-7-10(11)8-3-5-9(13)6-4-8/h3-6,10-11H,2,7H2,1H3/t10-,11+/m0/s1. The second-order valence-corrected chi connectivity index (χ2v) is 5.00. The van der Waals surface area contributed by atoms with Crippen LogP contribution in [-0.2, 0) is 9.53 Å². The Morgan fingerprint density at radius 3 is 2.73 bits per heavy atom. The van der Waals surface area contributed by atoms with Crippen molar-refractivity contribution >= 4 is 28.6 Å². The van der Waals surface area contributed by atoms with Gasteiger partial charge in [-0.2, -0.15) is 0 Å². The number of halogens is 1. The third kappa shape index (κ3) is 2.51. The molecular weight excluding hydrogens is 303 g/mol. The maximum absolute atomic E-state index is 11.4. The summed E-state index contributed by atoms with van der Waals surface area (Å²) in [5.41, 5.74) is 1.26.